The van der Waals surface area contributed by atoms with Crippen molar-refractivity contribution in [2.24, 2.45) is 0 Å². The van der Waals surface area contributed by atoms with Crippen molar-refractivity contribution in [3.05, 3.63) is 30.5 Å². The number of aromatic nitrogens is 1. The first-order valence-electron chi connectivity index (χ1n) is 8.44. The highest BCUT2D eigenvalue weighted by atomic mass is 32.2. The van der Waals surface area contributed by atoms with Crippen LogP contribution in [0.1, 0.15) is 27.2 Å². The largest absolute Gasteiger partial charge is 0.347 e. The molecule has 1 aromatic heterocycles. The normalized spacial score (nSPS) is 20.3. The van der Waals surface area contributed by atoms with Crippen molar-refractivity contribution >= 4 is 33.4 Å². The second-order valence-corrected chi connectivity index (χ2v) is 9.15. The minimum Gasteiger partial charge on any atom is -0.347 e. The van der Waals surface area contributed by atoms with Crippen molar-refractivity contribution in [2.75, 3.05) is 24.2 Å². The number of rotatable bonds is 3. The van der Waals surface area contributed by atoms with Gasteiger partial charge in [-0.05, 0) is 43.9 Å². The molecule has 1 saturated heterocycles. The Morgan fingerprint density at radius 3 is 2.83 bits per heavy atom. The number of nitrogens with one attached hydrogen (secondary N) is 1. The third-order valence-electron chi connectivity index (χ3n) is 4.51. The molecule has 24 heavy (non-hydrogen) atoms. The van der Waals surface area contributed by atoms with Crippen molar-refractivity contribution < 1.29 is 9.00 Å². The van der Waals surface area contributed by atoms with Crippen LogP contribution in [0.15, 0.2) is 30.5 Å². The van der Waals surface area contributed by atoms with Crippen LogP contribution in [-0.4, -0.2) is 43.3 Å². The third kappa shape index (κ3) is 3.34. The molecule has 1 fully saturated rings. The second-order valence-electron chi connectivity index (χ2n) is 6.94. The Kier molecular flexibility index (Phi) is 4.67. The minimum atomic E-state index is -0.878. The van der Waals surface area contributed by atoms with Crippen LogP contribution in [0.5, 0.6) is 0 Å². The summed E-state index contributed by atoms with van der Waals surface area (Å²) in [6.45, 7) is 8.07. The number of carbonyl (C=O) groups is 1. The van der Waals surface area contributed by atoms with E-state index in [1.54, 1.807) is 4.90 Å². The fourth-order valence-corrected chi connectivity index (χ4v) is 4.39. The molecule has 1 aliphatic heterocycles. The second kappa shape index (κ2) is 6.59. The van der Waals surface area contributed by atoms with E-state index in [-0.39, 0.29) is 10.8 Å². The van der Waals surface area contributed by atoms with Gasteiger partial charge in [0.2, 0.25) is 0 Å². The Morgan fingerprint density at radius 2 is 2.12 bits per heavy atom. The maximum atomic E-state index is 12.6. The number of fused-ring (bicyclic) bond motifs is 1. The van der Waals surface area contributed by atoms with Crippen molar-refractivity contribution in [3.63, 3.8) is 0 Å². The number of aryl methyl sites for hydroxylation is 1. The zero-order chi connectivity index (χ0) is 17.3. The van der Waals surface area contributed by atoms with E-state index in [0.717, 1.165) is 24.2 Å². The molecule has 130 valence electrons. The fourth-order valence-electron chi connectivity index (χ4n) is 3.15. The van der Waals surface area contributed by atoms with E-state index < -0.39 is 10.8 Å². The Balaban J connectivity index is 1.75. The van der Waals surface area contributed by atoms with Crippen LogP contribution in [0.25, 0.3) is 10.9 Å². The predicted molar refractivity (Wildman–Crippen MR) is 99.9 cm³/mol. The Hall–Kier alpha value is -1.82. The Morgan fingerprint density at radius 1 is 1.33 bits per heavy atom. The van der Waals surface area contributed by atoms with Gasteiger partial charge < -0.3 is 14.8 Å². The van der Waals surface area contributed by atoms with Crippen molar-refractivity contribution in [1.82, 2.24) is 9.47 Å². The molecule has 0 spiro atoms. The van der Waals surface area contributed by atoms with E-state index in [4.69, 9.17) is 0 Å². The van der Waals surface area contributed by atoms with Crippen LogP contribution in [0.3, 0.4) is 0 Å². The molecular weight excluding hydrogens is 322 g/mol. The monoisotopic (exact) mass is 347 g/mol. The molecule has 3 rings (SSSR count). The van der Waals surface area contributed by atoms with Gasteiger partial charge in [-0.1, -0.05) is 13.0 Å². The van der Waals surface area contributed by atoms with Crippen molar-refractivity contribution in [3.8, 4) is 0 Å². The lowest BCUT2D eigenvalue weighted by Gasteiger charge is -2.37. The summed E-state index contributed by atoms with van der Waals surface area (Å²) in [5.41, 5.74) is 1.93. The molecule has 2 amide bonds. The van der Waals surface area contributed by atoms with Gasteiger partial charge in [0.1, 0.15) is 0 Å². The molecule has 6 heteroatoms. The van der Waals surface area contributed by atoms with E-state index in [1.807, 2.05) is 32.0 Å². The maximum Gasteiger partial charge on any atom is 0.321 e. The average Bonchev–Trinajstić information content (AvgIpc) is 2.93. The third-order valence-corrected chi connectivity index (χ3v) is 6.43. The smallest absolute Gasteiger partial charge is 0.321 e. The van der Waals surface area contributed by atoms with E-state index in [9.17, 15) is 9.00 Å². The highest BCUT2D eigenvalue weighted by Crippen LogP contribution is 2.23. The summed E-state index contributed by atoms with van der Waals surface area (Å²) in [5, 5.41) is 4.17. The van der Waals surface area contributed by atoms with E-state index >= 15 is 0 Å². The summed E-state index contributed by atoms with van der Waals surface area (Å²) in [5.74, 6) is 0.540. The van der Waals surface area contributed by atoms with E-state index in [2.05, 4.69) is 29.1 Å². The molecule has 2 aromatic rings. The van der Waals surface area contributed by atoms with Gasteiger partial charge in [0.05, 0.1) is 10.3 Å². The quantitative estimate of drug-likeness (QED) is 0.925. The first-order valence-corrected chi connectivity index (χ1v) is 9.76. The van der Waals surface area contributed by atoms with Gasteiger partial charge in [-0.3, -0.25) is 4.21 Å². The van der Waals surface area contributed by atoms with Gasteiger partial charge >= 0.3 is 6.03 Å². The van der Waals surface area contributed by atoms with E-state index in [0.29, 0.717) is 18.8 Å². The van der Waals surface area contributed by atoms with E-state index in [1.165, 1.54) is 5.39 Å². The van der Waals surface area contributed by atoms with Crippen LogP contribution < -0.4 is 5.32 Å². The van der Waals surface area contributed by atoms with Crippen LogP contribution in [-0.2, 0) is 17.3 Å². The van der Waals surface area contributed by atoms with Crippen molar-refractivity contribution in [2.45, 2.75) is 38.5 Å². The molecule has 1 N–H and O–H groups in total. The van der Waals surface area contributed by atoms with Crippen LogP contribution in [0.2, 0.25) is 0 Å². The van der Waals surface area contributed by atoms with Gasteiger partial charge in [-0.2, -0.15) is 0 Å². The lowest BCUT2D eigenvalue weighted by atomic mass is 10.2. The summed E-state index contributed by atoms with van der Waals surface area (Å²) in [6, 6.07) is 7.97. The number of hydrogen-bond acceptors (Lipinski definition) is 2. The summed E-state index contributed by atoms with van der Waals surface area (Å²) < 4.78 is 13.9. The van der Waals surface area contributed by atoms with Crippen molar-refractivity contribution in [1.29, 1.82) is 0 Å². The zero-order valence-corrected chi connectivity index (χ0v) is 15.4. The lowest BCUT2D eigenvalue weighted by molar-refractivity contribution is 0.207. The summed E-state index contributed by atoms with van der Waals surface area (Å²) in [4.78, 5) is 14.3. The summed E-state index contributed by atoms with van der Waals surface area (Å²) in [6.07, 6.45) is 3.16. The van der Waals surface area contributed by atoms with Gasteiger partial charge in [-0.15, -0.1) is 0 Å². The van der Waals surface area contributed by atoms with Crippen LogP contribution in [0, 0.1) is 0 Å². The molecule has 0 radical (unpaired) electrons. The number of carbonyl (C=O) groups excluding carboxylic acids is 1. The molecule has 1 aromatic carbocycles. The standard InChI is InChI=1S/C18H25N3O2S/c1-4-8-20-9-7-14-5-6-15(12-16(14)20)19-17(22)21-10-11-24(23)18(2,3)13-21/h5-7,9,12H,4,8,10-11,13H2,1-3H3,(H,19,22)/t24-/m0/s1. The molecule has 0 saturated carbocycles. The Labute approximate surface area is 145 Å². The number of benzene rings is 1. The highest BCUT2D eigenvalue weighted by molar-refractivity contribution is 7.86. The van der Waals surface area contributed by atoms with Gasteiger partial charge in [0, 0.05) is 48.1 Å². The number of hydrogen-bond donors (Lipinski definition) is 1. The lowest BCUT2D eigenvalue weighted by Crippen LogP contribution is -2.53. The first kappa shape index (κ1) is 17.0. The topological polar surface area (TPSA) is 54.3 Å². The molecule has 1 atom stereocenters. The number of anilines is 1. The summed E-state index contributed by atoms with van der Waals surface area (Å²) in [7, 11) is -0.878. The number of nitrogens with zero attached hydrogens (tertiary/aromatic N) is 2. The molecule has 5 nitrogen and oxygen atoms in total. The highest BCUT2D eigenvalue weighted by Gasteiger charge is 2.35. The number of urea groups is 1. The first-order chi connectivity index (χ1) is 11.4. The molecule has 0 aliphatic carbocycles. The molecule has 1 aliphatic rings. The maximum absolute atomic E-state index is 12.6. The van der Waals surface area contributed by atoms with Gasteiger partial charge in [0.25, 0.3) is 0 Å². The van der Waals surface area contributed by atoms with Gasteiger partial charge in [-0.25, -0.2) is 4.79 Å². The fraction of sp³-hybridized carbons (Fsp3) is 0.500. The molecule has 0 bridgehead atoms. The van der Waals surface area contributed by atoms with Gasteiger partial charge in [0.15, 0.2) is 0 Å². The van der Waals surface area contributed by atoms with Crippen LogP contribution >= 0.6 is 0 Å². The SMILES string of the molecule is CCCn1ccc2ccc(NC(=O)N3CC[S@](=O)C(C)(C)C3)cc21. The predicted octanol–water partition coefficient (Wildman–Crippen LogP) is 3.43. The van der Waals surface area contributed by atoms with Crippen LogP contribution in [0.4, 0.5) is 10.5 Å². The molecule has 2 heterocycles. The Bertz CT molecular complexity index is 782. The zero-order valence-electron chi connectivity index (χ0n) is 14.5. The molecule has 0 unspecified atom stereocenters. The summed E-state index contributed by atoms with van der Waals surface area (Å²) >= 11 is 0. The average molecular weight is 347 g/mol. The molecular formula is C18H25N3O2S. The number of amides is 2. The minimum absolute atomic E-state index is 0.118.